The van der Waals surface area contributed by atoms with E-state index >= 15 is 0 Å². The van der Waals surface area contributed by atoms with E-state index < -0.39 is 0 Å². The highest BCUT2D eigenvalue weighted by Gasteiger charge is 2.31. The summed E-state index contributed by atoms with van der Waals surface area (Å²) in [5, 5.41) is 14.9. The lowest BCUT2D eigenvalue weighted by Gasteiger charge is -2.35. The van der Waals surface area contributed by atoms with Crippen LogP contribution in [0.5, 0.6) is 11.5 Å². The van der Waals surface area contributed by atoms with E-state index in [1.54, 1.807) is 0 Å². The molecule has 0 aliphatic carbocycles. The molecule has 0 saturated carbocycles. The predicted molar refractivity (Wildman–Crippen MR) is 100 cm³/mol. The fourth-order valence-corrected chi connectivity index (χ4v) is 3.30. The van der Waals surface area contributed by atoms with Gasteiger partial charge in [0.25, 0.3) is 5.69 Å². The average Bonchev–Trinajstić information content (AvgIpc) is 3.02. The van der Waals surface area contributed by atoms with Gasteiger partial charge >= 0.3 is 0 Å². The highest BCUT2D eigenvalue weighted by Crippen LogP contribution is 2.42. The number of piperazine rings is 1. The molecule has 1 saturated heterocycles. The molecule has 2 aliphatic heterocycles. The molecule has 2 aliphatic rings. The number of nitro groups is 1. The minimum Gasteiger partial charge on any atom is -0.454 e. The average molecular weight is 394 g/mol. The van der Waals surface area contributed by atoms with Crippen molar-refractivity contribution >= 4 is 30.5 Å². The minimum absolute atomic E-state index is 0. The molecule has 0 spiro atoms. The van der Waals surface area contributed by atoms with Crippen LogP contribution in [-0.4, -0.2) is 42.8 Å². The molecule has 9 heteroatoms. The summed E-state index contributed by atoms with van der Waals surface area (Å²) in [6, 6.07) is 3.37. The normalized spacial score (nSPS) is 17.3. The van der Waals surface area contributed by atoms with E-state index in [0.717, 1.165) is 51.0 Å². The Balaban J connectivity index is 0.00000156. The molecule has 7 nitrogen and oxygen atoms in total. The third-order valence-electron chi connectivity index (χ3n) is 4.50. The van der Waals surface area contributed by atoms with E-state index in [1.807, 2.05) is 6.07 Å². The SMILES string of the molecule is CCCC[C@@H](c1cc2c(cc1[N+](=O)[O-])OCO2)N1CCNCC1.Cl.Cl. The van der Waals surface area contributed by atoms with Crippen LogP contribution in [0.15, 0.2) is 12.1 Å². The van der Waals surface area contributed by atoms with E-state index in [2.05, 4.69) is 17.1 Å². The monoisotopic (exact) mass is 393 g/mol. The minimum atomic E-state index is -0.307. The standard InChI is InChI=1S/C16H23N3O4.2ClH/c1-2-3-4-13(18-7-5-17-6-8-18)12-9-15-16(23-11-22-15)10-14(12)19(20)21;;/h9-10,13,17H,2-8,11H2,1H3;2*1H/t13-;;/m0../s1. The van der Waals surface area contributed by atoms with Crippen LogP contribution in [0.4, 0.5) is 5.69 Å². The highest BCUT2D eigenvalue weighted by atomic mass is 35.5. The van der Waals surface area contributed by atoms with Crippen LogP contribution in [0.3, 0.4) is 0 Å². The molecule has 1 fully saturated rings. The van der Waals surface area contributed by atoms with Gasteiger partial charge in [-0.3, -0.25) is 15.0 Å². The van der Waals surface area contributed by atoms with Gasteiger partial charge in [-0.2, -0.15) is 0 Å². The maximum atomic E-state index is 11.6. The number of nitro benzene ring substituents is 1. The van der Waals surface area contributed by atoms with Crippen LogP contribution in [0.2, 0.25) is 0 Å². The quantitative estimate of drug-likeness (QED) is 0.589. The summed E-state index contributed by atoms with van der Waals surface area (Å²) in [5.41, 5.74) is 0.878. The first-order chi connectivity index (χ1) is 11.2. The zero-order valence-electron chi connectivity index (χ0n) is 14.2. The Morgan fingerprint density at radius 3 is 2.48 bits per heavy atom. The topological polar surface area (TPSA) is 76.9 Å². The zero-order valence-corrected chi connectivity index (χ0v) is 15.9. The second-order valence-electron chi connectivity index (χ2n) is 5.97. The Morgan fingerprint density at radius 2 is 1.88 bits per heavy atom. The smallest absolute Gasteiger partial charge is 0.278 e. The molecule has 1 N–H and O–H groups in total. The maximum absolute atomic E-state index is 11.6. The van der Waals surface area contributed by atoms with Gasteiger partial charge in [0.05, 0.1) is 16.6 Å². The Kier molecular flexibility index (Phi) is 8.71. The molecule has 0 bridgehead atoms. The number of nitrogens with one attached hydrogen (secondary N) is 1. The molecule has 142 valence electrons. The second kappa shape index (κ2) is 10.0. The van der Waals surface area contributed by atoms with Gasteiger partial charge in [-0.05, 0) is 12.5 Å². The van der Waals surface area contributed by atoms with Gasteiger partial charge < -0.3 is 14.8 Å². The third kappa shape index (κ3) is 4.88. The molecule has 3 rings (SSSR count). The second-order valence-corrected chi connectivity index (χ2v) is 5.97. The Hall–Kier alpha value is -1.28. The van der Waals surface area contributed by atoms with Crippen molar-refractivity contribution in [2.24, 2.45) is 0 Å². The van der Waals surface area contributed by atoms with Crippen molar-refractivity contribution in [2.45, 2.75) is 32.2 Å². The number of hydrogen-bond acceptors (Lipinski definition) is 6. The van der Waals surface area contributed by atoms with Gasteiger partial charge in [-0.25, -0.2) is 0 Å². The summed E-state index contributed by atoms with van der Waals surface area (Å²) < 4.78 is 10.7. The number of unbranched alkanes of at least 4 members (excludes halogenated alkanes) is 1. The summed E-state index contributed by atoms with van der Waals surface area (Å²) in [6.07, 6.45) is 3.03. The molecule has 1 aromatic rings. The molecular formula is C16H25Cl2N3O4. The number of ether oxygens (including phenoxy) is 2. The molecule has 1 atom stereocenters. The number of nitrogens with zero attached hydrogens (tertiary/aromatic N) is 2. The van der Waals surface area contributed by atoms with Crippen molar-refractivity contribution in [3.8, 4) is 11.5 Å². The lowest BCUT2D eigenvalue weighted by atomic mass is 9.96. The summed E-state index contributed by atoms with van der Waals surface area (Å²) in [7, 11) is 0. The van der Waals surface area contributed by atoms with E-state index in [1.165, 1.54) is 6.07 Å². The zero-order chi connectivity index (χ0) is 16.2. The van der Waals surface area contributed by atoms with Crippen molar-refractivity contribution in [2.75, 3.05) is 33.0 Å². The van der Waals surface area contributed by atoms with Gasteiger partial charge in [-0.15, -0.1) is 24.8 Å². The van der Waals surface area contributed by atoms with Crippen molar-refractivity contribution in [3.05, 3.63) is 27.8 Å². The summed E-state index contributed by atoms with van der Waals surface area (Å²) in [4.78, 5) is 13.6. The molecule has 0 amide bonds. The largest absolute Gasteiger partial charge is 0.454 e. The Bertz CT molecular complexity index is 583. The number of rotatable bonds is 6. The van der Waals surface area contributed by atoms with Crippen LogP contribution in [-0.2, 0) is 0 Å². The number of halogens is 2. The molecule has 0 radical (unpaired) electrons. The van der Waals surface area contributed by atoms with Crippen LogP contribution in [0, 0.1) is 10.1 Å². The lowest BCUT2D eigenvalue weighted by Crippen LogP contribution is -2.45. The summed E-state index contributed by atoms with van der Waals surface area (Å²) >= 11 is 0. The van der Waals surface area contributed by atoms with Gasteiger partial charge in [-0.1, -0.05) is 19.8 Å². The van der Waals surface area contributed by atoms with E-state index in [-0.39, 0.29) is 48.3 Å². The highest BCUT2D eigenvalue weighted by molar-refractivity contribution is 5.85. The van der Waals surface area contributed by atoms with Crippen molar-refractivity contribution in [3.63, 3.8) is 0 Å². The van der Waals surface area contributed by atoms with Crippen LogP contribution < -0.4 is 14.8 Å². The van der Waals surface area contributed by atoms with E-state index in [0.29, 0.717) is 11.5 Å². The first-order valence-corrected chi connectivity index (χ1v) is 8.23. The number of fused-ring (bicyclic) bond motifs is 1. The van der Waals surface area contributed by atoms with Crippen molar-refractivity contribution < 1.29 is 14.4 Å². The summed E-state index contributed by atoms with van der Waals surface area (Å²) in [5.74, 6) is 1.08. The molecule has 25 heavy (non-hydrogen) atoms. The molecule has 1 aromatic carbocycles. The first-order valence-electron chi connectivity index (χ1n) is 8.23. The molecular weight excluding hydrogens is 369 g/mol. The van der Waals surface area contributed by atoms with Crippen LogP contribution in [0.1, 0.15) is 37.8 Å². The first kappa shape index (κ1) is 21.8. The van der Waals surface area contributed by atoms with E-state index in [9.17, 15) is 10.1 Å². The Labute approximate surface area is 160 Å². The number of hydrogen-bond donors (Lipinski definition) is 1. The van der Waals surface area contributed by atoms with Gasteiger partial charge in [0, 0.05) is 32.2 Å². The fourth-order valence-electron chi connectivity index (χ4n) is 3.30. The fraction of sp³-hybridized carbons (Fsp3) is 0.625. The van der Waals surface area contributed by atoms with Gasteiger partial charge in [0.1, 0.15) is 0 Å². The number of benzene rings is 1. The molecule has 0 aromatic heterocycles. The Morgan fingerprint density at radius 1 is 1.24 bits per heavy atom. The van der Waals surface area contributed by atoms with Gasteiger partial charge in [0.15, 0.2) is 11.5 Å². The van der Waals surface area contributed by atoms with Gasteiger partial charge in [0.2, 0.25) is 6.79 Å². The maximum Gasteiger partial charge on any atom is 0.278 e. The molecule has 0 unspecified atom stereocenters. The molecule has 2 heterocycles. The predicted octanol–water partition coefficient (Wildman–Crippen LogP) is 3.30. The van der Waals surface area contributed by atoms with Crippen LogP contribution in [0.25, 0.3) is 0 Å². The summed E-state index contributed by atoms with van der Waals surface area (Å²) in [6.45, 7) is 5.91. The van der Waals surface area contributed by atoms with Crippen molar-refractivity contribution in [1.82, 2.24) is 10.2 Å². The van der Waals surface area contributed by atoms with Crippen molar-refractivity contribution in [1.29, 1.82) is 0 Å². The van der Waals surface area contributed by atoms with E-state index in [4.69, 9.17) is 9.47 Å². The third-order valence-corrected chi connectivity index (χ3v) is 4.50. The van der Waals surface area contributed by atoms with Crippen LogP contribution >= 0.6 is 24.8 Å². The lowest BCUT2D eigenvalue weighted by molar-refractivity contribution is -0.386.